The molecule has 10 nitrogen and oxygen atoms in total. The topological polar surface area (TPSA) is 126 Å². The van der Waals surface area contributed by atoms with Crippen LogP contribution in [0.15, 0.2) is 65.5 Å². The first-order valence-corrected chi connectivity index (χ1v) is 9.85. The van der Waals surface area contributed by atoms with E-state index in [2.05, 4.69) is 15.0 Å². The van der Waals surface area contributed by atoms with Gasteiger partial charge < -0.3 is 19.4 Å². The molecular formula is C21H19F3N4O6. The van der Waals surface area contributed by atoms with E-state index in [0.29, 0.717) is 0 Å². The smallest absolute Gasteiger partial charge is 0.431 e. The van der Waals surface area contributed by atoms with Crippen LogP contribution in [0.5, 0.6) is 0 Å². The lowest BCUT2D eigenvalue weighted by Crippen LogP contribution is -2.40. The van der Waals surface area contributed by atoms with Crippen LogP contribution in [-0.4, -0.2) is 46.3 Å². The summed E-state index contributed by atoms with van der Waals surface area (Å²) >= 11 is 0. The number of esters is 2. The first-order chi connectivity index (χ1) is 16.1. The third kappa shape index (κ3) is 4.92. The van der Waals surface area contributed by atoms with E-state index in [1.165, 1.54) is 42.3 Å². The van der Waals surface area contributed by atoms with E-state index in [9.17, 15) is 32.9 Å². The Bertz CT molecular complexity index is 1170. The van der Waals surface area contributed by atoms with Crippen molar-refractivity contribution < 1.29 is 37.2 Å². The number of dihydropyridines is 1. The average Bonchev–Trinajstić information content (AvgIpc) is 3.30. The van der Waals surface area contributed by atoms with Gasteiger partial charge in [-0.1, -0.05) is 12.1 Å². The molecule has 1 aromatic heterocycles. The molecule has 1 atom stereocenters. The van der Waals surface area contributed by atoms with Gasteiger partial charge in [0.1, 0.15) is 5.70 Å². The van der Waals surface area contributed by atoms with Crippen LogP contribution in [0.25, 0.3) is 0 Å². The van der Waals surface area contributed by atoms with Gasteiger partial charge in [-0.05, 0) is 12.5 Å². The van der Waals surface area contributed by atoms with E-state index < -0.39 is 45.9 Å². The van der Waals surface area contributed by atoms with Crippen molar-refractivity contribution in [2.45, 2.75) is 25.6 Å². The van der Waals surface area contributed by atoms with Crippen molar-refractivity contribution >= 4 is 17.6 Å². The number of nitro groups is 1. The van der Waals surface area contributed by atoms with Gasteiger partial charge in [0.05, 0.1) is 48.6 Å². The lowest BCUT2D eigenvalue weighted by atomic mass is 9.79. The maximum Gasteiger partial charge on any atom is 0.431 e. The quantitative estimate of drug-likeness (QED) is 0.364. The van der Waals surface area contributed by atoms with Gasteiger partial charge in [-0.25, -0.2) is 14.6 Å². The van der Waals surface area contributed by atoms with Crippen LogP contribution in [0.4, 0.5) is 18.9 Å². The summed E-state index contributed by atoms with van der Waals surface area (Å²) in [5.41, 5.74) is -3.43. The van der Waals surface area contributed by atoms with Crippen LogP contribution in [0, 0.1) is 10.1 Å². The van der Waals surface area contributed by atoms with Crippen molar-refractivity contribution in [2.24, 2.45) is 0 Å². The Morgan fingerprint density at radius 3 is 2.56 bits per heavy atom. The molecule has 0 bridgehead atoms. The molecule has 3 rings (SSSR count). The Morgan fingerprint density at radius 1 is 1.26 bits per heavy atom. The molecule has 0 amide bonds. The molecule has 1 unspecified atom stereocenters. The minimum atomic E-state index is -5.05. The van der Waals surface area contributed by atoms with Crippen molar-refractivity contribution in [3.63, 3.8) is 0 Å². The van der Waals surface area contributed by atoms with Crippen molar-refractivity contribution in [3.05, 3.63) is 81.2 Å². The molecule has 0 aliphatic carbocycles. The zero-order valence-electron chi connectivity index (χ0n) is 18.0. The van der Waals surface area contributed by atoms with Gasteiger partial charge in [0.2, 0.25) is 0 Å². The number of nitrogens with one attached hydrogen (secondary N) is 1. The summed E-state index contributed by atoms with van der Waals surface area (Å²) in [4.78, 5) is 40.1. The normalized spacial score (nSPS) is 16.2. The lowest BCUT2D eigenvalue weighted by Gasteiger charge is -2.33. The molecule has 180 valence electrons. The first-order valence-electron chi connectivity index (χ1n) is 9.85. The number of allylic oxidation sites excluding steroid dienone is 2. The summed E-state index contributed by atoms with van der Waals surface area (Å²) in [6.45, 7) is 1.14. The fourth-order valence-electron chi connectivity index (χ4n) is 3.59. The number of hydrogen-bond donors (Lipinski definition) is 1. The number of methoxy groups -OCH3 is 1. The van der Waals surface area contributed by atoms with Crippen molar-refractivity contribution in [2.75, 3.05) is 13.7 Å². The minimum absolute atomic E-state index is 0.0935. The maximum atomic E-state index is 14.1. The number of ether oxygens (including phenoxy) is 2. The third-order valence-electron chi connectivity index (χ3n) is 4.95. The van der Waals surface area contributed by atoms with Gasteiger partial charge >= 0.3 is 18.1 Å². The highest BCUT2D eigenvalue weighted by atomic mass is 19.4. The number of hydrogen-bond acceptors (Lipinski definition) is 8. The molecule has 0 radical (unpaired) electrons. The highest BCUT2D eigenvalue weighted by Gasteiger charge is 2.48. The van der Waals surface area contributed by atoms with E-state index in [-0.39, 0.29) is 30.0 Å². The van der Waals surface area contributed by atoms with E-state index in [1.54, 1.807) is 0 Å². The second-order valence-electron chi connectivity index (χ2n) is 7.04. The number of imidazole rings is 1. The molecule has 0 saturated heterocycles. The number of rotatable bonds is 7. The van der Waals surface area contributed by atoms with Crippen molar-refractivity contribution in [1.82, 2.24) is 14.9 Å². The molecule has 0 spiro atoms. The van der Waals surface area contributed by atoms with E-state index in [4.69, 9.17) is 4.74 Å². The fourth-order valence-corrected chi connectivity index (χ4v) is 3.59. The van der Waals surface area contributed by atoms with Crippen LogP contribution in [-0.2, 0) is 25.6 Å². The summed E-state index contributed by atoms with van der Waals surface area (Å²) in [6.07, 6.45) is -0.867. The molecule has 0 fully saturated rings. The average molecular weight is 480 g/mol. The number of aromatic nitrogens is 2. The number of nitrogens with zero attached hydrogens (tertiary/aromatic N) is 3. The second-order valence-corrected chi connectivity index (χ2v) is 7.04. The fraction of sp³-hybridized carbons (Fsp3) is 0.286. The summed E-state index contributed by atoms with van der Waals surface area (Å²) in [5.74, 6) is -4.02. The van der Waals surface area contributed by atoms with Gasteiger partial charge in [0.15, 0.2) is 0 Å². The summed E-state index contributed by atoms with van der Waals surface area (Å²) in [5, 5.41) is 13.5. The zero-order chi connectivity index (χ0) is 25.0. The van der Waals surface area contributed by atoms with Crippen LogP contribution >= 0.6 is 0 Å². The first kappa shape index (κ1) is 24.5. The van der Waals surface area contributed by atoms with E-state index >= 15 is 0 Å². The largest absolute Gasteiger partial charge is 0.466 e. The SMILES string of the molecule is CCOC(=O)C1=C(Cn2ccnc2)NC(C(F)(F)F)=C(C(=O)OC)C1c1cccc([N+](=O)[O-])c1. The van der Waals surface area contributed by atoms with Gasteiger partial charge in [-0.15, -0.1) is 0 Å². The predicted molar refractivity (Wildman–Crippen MR) is 110 cm³/mol. The molecule has 13 heteroatoms. The monoisotopic (exact) mass is 480 g/mol. The van der Waals surface area contributed by atoms with E-state index in [0.717, 1.165) is 19.2 Å². The highest BCUT2D eigenvalue weighted by molar-refractivity contribution is 6.00. The standard InChI is InChI=1S/C21H19F3N4O6/c1-3-34-20(30)16-14(10-27-8-7-25-11-27)26-18(21(22,23)24)17(19(29)33-2)15(16)12-5-4-6-13(9-12)28(31)32/h4-9,11,15,26H,3,10H2,1-2H3. The Balaban J connectivity index is 2.36. The Morgan fingerprint density at radius 2 is 2.00 bits per heavy atom. The van der Waals surface area contributed by atoms with Crippen molar-refractivity contribution in [1.29, 1.82) is 0 Å². The molecule has 0 saturated carbocycles. The summed E-state index contributed by atoms with van der Waals surface area (Å²) in [7, 11) is 0.891. The third-order valence-corrected chi connectivity index (χ3v) is 4.95. The Hall–Kier alpha value is -4.16. The van der Waals surface area contributed by atoms with Crippen LogP contribution in [0.1, 0.15) is 18.4 Å². The van der Waals surface area contributed by atoms with Gasteiger partial charge in [-0.3, -0.25) is 10.1 Å². The molecular weight excluding hydrogens is 461 g/mol. The molecule has 1 aliphatic rings. The number of non-ortho nitro benzene ring substituents is 1. The van der Waals surface area contributed by atoms with Gasteiger partial charge in [-0.2, -0.15) is 13.2 Å². The second kappa shape index (κ2) is 9.77. The lowest BCUT2D eigenvalue weighted by molar-refractivity contribution is -0.384. The summed E-state index contributed by atoms with van der Waals surface area (Å²) in [6, 6.07) is 4.67. The van der Waals surface area contributed by atoms with Crippen LogP contribution in [0.2, 0.25) is 0 Å². The summed E-state index contributed by atoms with van der Waals surface area (Å²) < 4.78 is 53.5. The number of benzene rings is 1. The predicted octanol–water partition coefficient (Wildman–Crippen LogP) is 2.98. The maximum absolute atomic E-state index is 14.1. The molecule has 2 aromatic rings. The molecule has 1 aliphatic heterocycles. The highest BCUT2D eigenvalue weighted by Crippen LogP contribution is 2.44. The van der Waals surface area contributed by atoms with Crippen LogP contribution < -0.4 is 5.32 Å². The number of halogens is 3. The van der Waals surface area contributed by atoms with Gasteiger partial charge in [0, 0.05) is 30.2 Å². The zero-order valence-corrected chi connectivity index (χ0v) is 18.0. The molecule has 34 heavy (non-hydrogen) atoms. The van der Waals surface area contributed by atoms with Crippen molar-refractivity contribution in [3.8, 4) is 0 Å². The Kier molecular flexibility index (Phi) is 7.03. The van der Waals surface area contributed by atoms with Crippen LogP contribution in [0.3, 0.4) is 0 Å². The molecule has 1 N–H and O–H groups in total. The molecule has 2 heterocycles. The van der Waals surface area contributed by atoms with Gasteiger partial charge in [0.25, 0.3) is 5.69 Å². The minimum Gasteiger partial charge on any atom is -0.466 e. The number of alkyl halides is 3. The molecule has 1 aromatic carbocycles. The Labute approximate surface area is 190 Å². The number of nitro benzene ring substituents is 1. The van der Waals surface area contributed by atoms with E-state index in [1.807, 2.05) is 0 Å². The number of carbonyl (C=O) groups is 2. The number of carbonyl (C=O) groups excluding carboxylic acids is 2.